The molecule has 3 rings (SSSR count). The molecule has 1 fully saturated rings. The van der Waals surface area contributed by atoms with Crippen molar-refractivity contribution in [3.8, 4) is 0 Å². The second kappa shape index (κ2) is 6.44. The van der Waals surface area contributed by atoms with E-state index in [0.29, 0.717) is 16.1 Å². The van der Waals surface area contributed by atoms with Crippen molar-refractivity contribution < 1.29 is 8.42 Å². The van der Waals surface area contributed by atoms with Gasteiger partial charge in [0.25, 0.3) is 10.0 Å². The molecule has 1 aliphatic rings. The zero-order chi connectivity index (χ0) is 15.6. The number of hydrogen-bond donors (Lipinski definition) is 2. The van der Waals surface area contributed by atoms with Crippen LogP contribution in [0.2, 0.25) is 4.34 Å². The first-order valence-electron chi connectivity index (χ1n) is 7.04. The number of nitrogens with zero attached hydrogens (tertiary/aromatic N) is 1. The number of pyridine rings is 1. The highest BCUT2D eigenvalue weighted by molar-refractivity contribution is 7.94. The molecule has 5 nitrogen and oxygen atoms in total. The fourth-order valence-electron chi connectivity index (χ4n) is 2.47. The summed E-state index contributed by atoms with van der Waals surface area (Å²) in [6, 6.07) is 7.02. The predicted molar refractivity (Wildman–Crippen MR) is 90.3 cm³/mol. The molecule has 0 bridgehead atoms. The van der Waals surface area contributed by atoms with Crippen LogP contribution in [0, 0.1) is 0 Å². The van der Waals surface area contributed by atoms with E-state index in [1.54, 1.807) is 18.2 Å². The molecule has 0 unspecified atom stereocenters. The molecule has 0 radical (unpaired) electrons. The highest BCUT2D eigenvalue weighted by atomic mass is 35.5. The van der Waals surface area contributed by atoms with Gasteiger partial charge in [-0.25, -0.2) is 13.4 Å². The zero-order valence-electron chi connectivity index (χ0n) is 11.8. The second-order valence-electron chi connectivity index (χ2n) is 5.22. The molecule has 0 atom stereocenters. The van der Waals surface area contributed by atoms with Gasteiger partial charge in [0.1, 0.15) is 10.0 Å². The summed E-state index contributed by atoms with van der Waals surface area (Å²) in [6.07, 6.45) is 6.34. The Morgan fingerprint density at radius 3 is 2.55 bits per heavy atom. The zero-order valence-corrected chi connectivity index (χ0v) is 14.1. The van der Waals surface area contributed by atoms with Gasteiger partial charge < -0.3 is 5.32 Å². The molecule has 2 heterocycles. The monoisotopic (exact) mass is 357 g/mol. The number of sulfonamides is 1. The molecule has 1 aliphatic carbocycles. The van der Waals surface area contributed by atoms with E-state index in [4.69, 9.17) is 11.6 Å². The number of nitrogens with one attached hydrogen (secondary N) is 2. The molecule has 2 aromatic heterocycles. The van der Waals surface area contributed by atoms with Crippen LogP contribution >= 0.6 is 22.9 Å². The van der Waals surface area contributed by atoms with E-state index in [0.717, 1.165) is 30.0 Å². The standard InChI is InChI=1S/C14H16ClN3O2S2/c15-12-6-8-14(21-12)22(19,20)18-11-5-7-13(16-9-11)17-10-3-1-2-4-10/h5-10,18H,1-4H2,(H,16,17). The third-order valence-corrected chi connectivity index (χ3v) is 6.64. The summed E-state index contributed by atoms with van der Waals surface area (Å²) in [4.78, 5) is 4.26. The lowest BCUT2D eigenvalue weighted by Crippen LogP contribution is -2.16. The Hall–Kier alpha value is -1.31. The number of hydrogen-bond acceptors (Lipinski definition) is 5. The number of rotatable bonds is 5. The summed E-state index contributed by atoms with van der Waals surface area (Å²) in [5.74, 6) is 0.772. The van der Waals surface area contributed by atoms with Gasteiger partial charge in [-0.1, -0.05) is 24.4 Å². The average Bonchev–Trinajstić information content (AvgIpc) is 3.12. The van der Waals surface area contributed by atoms with Crippen molar-refractivity contribution in [3.05, 3.63) is 34.8 Å². The van der Waals surface area contributed by atoms with Crippen molar-refractivity contribution in [2.45, 2.75) is 35.9 Å². The Labute approximate surface area is 138 Å². The number of anilines is 2. The van der Waals surface area contributed by atoms with Gasteiger partial charge in [0.15, 0.2) is 0 Å². The van der Waals surface area contributed by atoms with Crippen molar-refractivity contribution in [2.75, 3.05) is 10.0 Å². The molecule has 0 saturated heterocycles. The van der Waals surface area contributed by atoms with E-state index in [1.807, 2.05) is 0 Å². The van der Waals surface area contributed by atoms with Gasteiger partial charge in [-0.15, -0.1) is 11.3 Å². The maximum Gasteiger partial charge on any atom is 0.271 e. The topological polar surface area (TPSA) is 71.1 Å². The van der Waals surface area contributed by atoms with Gasteiger partial charge >= 0.3 is 0 Å². The van der Waals surface area contributed by atoms with Crippen LogP contribution in [0.3, 0.4) is 0 Å². The number of aromatic nitrogens is 1. The lowest BCUT2D eigenvalue weighted by atomic mass is 10.2. The van der Waals surface area contributed by atoms with Crippen molar-refractivity contribution >= 4 is 44.5 Å². The van der Waals surface area contributed by atoms with Crippen LogP contribution < -0.4 is 10.0 Å². The maximum atomic E-state index is 12.2. The van der Waals surface area contributed by atoms with E-state index in [2.05, 4.69) is 15.0 Å². The summed E-state index contributed by atoms with van der Waals surface area (Å²) in [6.45, 7) is 0. The van der Waals surface area contributed by atoms with E-state index in [9.17, 15) is 8.42 Å². The highest BCUT2D eigenvalue weighted by Gasteiger charge is 2.17. The SMILES string of the molecule is O=S(=O)(Nc1ccc(NC2CCCC2)nc1)c1ccc(Cl)s1. The third-order valence-electron chi connectivity index (χ3n) is 3.54. The van der Waals surface area contributed by atoms with Crippen LogP contribution in [0.5, 0.6) is 0 Å². The predicted octanol–water partition coefficient (Wildman–Crippen LogP) is 3.95. The molecule has 22 heavy (non-hydrogen) atoms. The summed E-state index contributed by atoms with van der Waals surface area (Å²) in [7, 11) is -3.60. The molecular weight excluding hydrogens is 342 g/mol. The molecule has 0 amide bonds. The van der Waals surface area contributed by atoms with Gasteiger partial charge in [-0.05, 0) is 37.1 Å². The van der Waals surface area contributed by atoms with Crippen LogP contribution in [0.25, 0.3) is 0 Å². The van der Waals surface area contributed by atoms with Gasteiger partial charge in [-0.3, -0.25) is 4.72 Å². The Morgan fingerprint density at radius 1 is 1.18 bits per heavy atom. The minimum atomic E-state index is -3.60. The smallest absolute Gasteiger partial charge is 0.271 e. The summed E-state index contributed by atoms with van der Waals surface area (Å²) in [5, 5.41) is 3.36. The Kier molecular flexibility index (Phi) is 4.56. The fourth-order valence-corrected chi connectivity index (χ4v) is 4.99. The quantitative estimate of drug-likeness (QED) is 0.849. The van der Waals surface area contributed by atoms with E-state index in [1.165, 1.54) is 25.1 Å². The Balaban J connectivity index is 1.67. The van der Waals surface area contributed by atoms with Gasteiger partial charge in [0, 0.05) is 6.04 Å². The van der Waals surface area contributed by atoms with E-state index in [-0.39, 0.29) is 4.21 Å². The second-order valence-corrected chi connectivity index (χ2v) is 8.85. The number of thiophene rings is 1. The molecule has 8 heteroatoms. The molecule has 0 aromatic carbocycles. The molecule has 2 N–H and O–H groups in total. The van der Waals surface area contributed by atoms with Crippen LogP contribution in [-0.4, -0.2) is 19.4 Å². The normalized spacial score (nSPS) is 15.9. The molecule has 2 aromatic rings. The fraction of sp³-hybridized carbons (Fsp3) is 0.357. The van der Waals surface area contributed by atoms with Gasteiger partial charge in [0.05, 0.1) is 16.2 Å². The minimum Gasteiger partial charge on any atom is -0.367 e. The van der Waals surface area contributed by atoms with Crippen LogP contribution in [0.1, 0.15) is 25.7 Å². The lowest BCUT2D eigenvalue weighted by Gasteiger charge is -2.13. The van der Waals surface area contributed by atoms with Crippen molar-refractivity contribution in [3.63, 3.8) is 0 Å². The minimum absolute atomic E-state index is 0.186. The molecule has 118 valence electrons. The van der Waals surface area contributed by atoms with Crippen molar-refractivity contribution in [2.24, 2.45) is 0 Å². The first kappa shape index (κ1) is 15.6. The van der Waals surface area contributed by atoms with Crippen molar-refractivity contribution in [1.82, 2.24) is 4.98 Å². The molecular formula is C14H16ClN3O2S2. The first-order valence-corrected chi connectivity index (χ1v) is 9.71. The van der Waals surface area contributed by atoms with Crippen LogP contribution in [0.15, 0.2) is 34.7 Å². The Bertz CT molecular complexity index is 738. The maximum absolute atomic E-state index is 12.2. The van der Waals surface area contributed by atoms with E-state index < -0.39 is 10.0 Å². The van der Waals surface area contributed by atoms with E-state index >= 15 is 0 Å². The summed E-state index contributed by atoms with van der Waals surface area (Å²) < 4.78 is 27.5. The molecule has 0 aliphatic heterocycles. The first-order chi connectivity index (χ1) is 10.5. The summed E-state index contributed by atoms with van der Waals surface area (Å²) in [5.41, 5.74) is 0.432. The largest absolute Gasteiger partial charge is 0.367 e. The van der Waals surface area contributed by atoms with Gasteiger partial charge in [-0.2, -0.15) is 0 Å². The lowest BCUT2D eigenvalue weighted by molar-refractivity contribution is 0.603. The highest BCUT2D eigenvalue weighted by Crippen LogP contribution is 2.27. The molecule has 1 saturated carbocycles. The number of halogens is 1. The van der Waals surface area contributed by atoms with Crippen molar-refractivity contribution in [1.29, 1.82) is 0 Å². The molecule has 0 spiro atoms. The average molecular weight is 358 g/mol. The van der Waals surface area contributed by atoms with Crippen LogP contribution in [0.4, 0.5) is 11.5 Å². The summed E-state index contributed by atoms with van der Waals surface area (Å²) >= 11 is 6.80. The van der Waals surface area contributed by atoms with Crippen LogP contribution in [-0.2, 0) is 10.0 Å². The Morgan fingerprint density at radius 2 is 1.95 bits per heavy atom. The third kappa shape index (κ3) is 3.71. The van der Waals surface area contributed by atoms with Gasteiger partial charge in [0.2, 0.25) is 0 Å².